The molecule has 0 unspecified atom stereocenters. The van der Waals surface area contributed by atoms with Gasteiger partial charge in [-0.05, 0) is 36.6 Å². The third kappa shape index (κ3) is 4.67. The van der Waals surface area contributed by atoms with Crippen LogP contribution in [0.1, 0.15) is 40.5 Å². The predicted octanol–water partition coefficient (Wildman–Crippen LogP) is 4.05. The van der Waals surface area contributed by atoms with Crippen LogP contribution in [-0.4, -0.2) is 32.4 Å². The Morgan fingerprint density at radius 3 is 2.64 bits per heavy atom. The van der Waals surface area contributed by atoms with Crippen LogP contribution in [0.15, 0.2) is 54.2 Å². The summed E-state index contributed by atoms with van der Waals surface area (Å²) in [4.78, 5) is 12.2. The quantitative estimate of drug-likeness (QED) is 0.585. The van der Waals surface area contributed by atoms with Crippen LogP contribution in [0.5, 0.6) is 0 Å². The molecule has 0 bridgehead atoms. The Labute approximate surface area is 169 Å². The van der Waals surface area contributed by atoms with Gasteiger partial charge in [-0.25, -0.2) is 4.68 Å². The number of nitrogens with zero attached hydrogens (tertiary/aromatic N) is 4. The number of hydrogen-bond acceptors (Lipinski definition) is 5. The molecule has 7 heteroatoms. The summed E-state index contributed by atoms with van der Waals surface area (Å²) in [6, 6.07) is 12.1. The molecule has 0 radical (unpaired) electrons. The fourth-order valence-electron chi connectivity index (χ4n) is 2.61. The molecule has 6 nitrogen and oxygen atoms in total. The Hall–Kier alpha value is -2.93. The van der Waals surface area contributed by atoms with Crippen molar-refractivity contribution in [3.63, 3.8) is 0 Å². The number of amides is 1. The van der Waals surface area contributed by atoms with Gasteiger partial charge >= 0.3 is 0 Å². The van der Waals surface area contributed by atoms with Crippen molar-refractivity contribution in [3.05, 3.63) is 71.6 Å². The zero-order chi connectivity index (χ0) is 19.9. The highest BCUT2D eigenvalue weighted by molar-refractivity contribution is 7.98. The zero-order valence-electron chi connectivity index (χ0n) is 16.1. The number of hydrogen-bond donors (Lipinski definition) is 1. The van der Waals surface area contributed by atoms with Gasteiger partial charge in [-0.1, -0.05) is 55.6 Å². The molecule has 3 rings (SSSR count). The van der Waals surface area contributed by atoms with Crippen molar-refractivity contribution in [3.8, 4) is 5.82 Å². The molecule has 0 spiro atoms. The van der Waals surface area contributed by atoms with Crippen molar-refractivity contribution >= 4 is 23.7 Å². The monoisotopic (exact) mass is 393 g/mol. The molecule has 1 amide bonds. The molecule has 0 atom stereocenters. The number of nitrogens with one attached hydrogen (secondary N) is 1. The van der Waals surface area contributed by atoms with Crippen molar-refractivity contribution in [1.82, 2.24) is 25.3 Å². The number of rotatable bonds is 8. The van der Waals surface area contributed by atoms with Crippen molar-refractivity contribution in [2.75, 3.05) is 6.54 Å². The summed E-state index contributed by atoms with van der Waals surface area (Å²) in [5.41, 5.74) is 3.62. The van der Waals surface area contributed by atoms with Gasteiger partial charge in [-0.3, -0.25) is 4.79 Å². The van der Waals surface area contributed by atoms with E-state index in [4.69, 9.17) is 0 Å². The SMILES string of the molecule is C=Cc1ccc(CSc2ccc(-n3ncc(C(=O)NCCC)c3C)nn2)cc1. The van der Waals surface area contributed by atoms with E-state index in [2.05, 4.69) is 39.3 Å². The van der Waals surface area contributed by atoms with E-state index in [9.17, 15) is 4.79 Å². The number of aromatic nitrogens is 4. The number of thioether (sulfide) groups is 1. The summed E-state index contributed by atoms with van der Waals surface area (Å²) >= 11 is 1.62. The van der Waals surface area contributed by atoms with Crippen LogP contribution in [0.25, 0.3) is 11.9 Å². The summed E-state index contributed by atoms with van der Waals surface area (Å²) in [5, 5.41) is 16.5. The topological polar surface area (TPSA) is 72.7 Å². The second-order valence-electron chi connectivity index (χ2n) is 6.28. The van der Waals surface area contributed by atoms with Gasteiger partial charge in [0.1, 0.15) is 5.03 Å². The molecule has 144 valence electrons. The first-order valence-electron chi connectivity index (χ1n) is 9.13. The minimum absolute atomic E-state index is 0.117. The highest BCUT2D eigenvalue weighted by Gasteiger charge is 2.15. The van der Waals surface area contributed by atoms with Crippen LogP contribution in [0, 0.1) is 6.92 Å². The number of carbonyl (C=O) groups is 1. The van der Waals surface area contributed by atoms with Gasteiger partial charge in [0.15, 0.2) is 5.82 Å². The first-order chi connectivity index (χ1) is 13.6. The van der Waals surface area contributed by atoms with Crippen LogP contribution >= 0.6 is 11.8 Å². The van der Waals surface area contributed by atoms with Crippen molar-refractivity contribution in [2.24, 2.45) is 0 Å². The smallest absolute Gasteiger partial charge is 0.254 e. The van der Waals surface area contributed by atoms with E-state index in [0.29, 0.717) is 17.9 Å². The molecule has 0 aliphatic carbocycles. The third-order valence-electron chi connectivity index (χ3n) is 4.24. The fraction of sp³-hybridized carbons (Fsp3) is 0.238. The molecule has 0 saturated carbocycles. The largest absolute Gasteiger partial charge is 0.352 e. The lowest BCUT2D eigenvalue weighted by Gasteiger charge is -2.06. The van der Waals surface area contributed by atoms with Crippen LogP contribution in [0.3, 0.4) is 0 Å². The van der Waals surface area contributed by atoms with Crippen LogP contribution in [0.4, 0.5) is 0 Å². The zero-order valence-corrected chi connectivity index (χ0v) is 16.9. The van der Waals surface area contributed by atoms with Gasteiger partial charge in [0.2, 0.25) is 0 Å². The molecule has 3 aromatic rings. The summed E-state index contributed by atoms with van der Waals surface area (Å²) in [6.45, 7) is 8.28. The van der Waals surface area contributed by atoms with Gasteiger partial charge in [-0.2, -0.15) is 5.10 Å². The highest BCUT2D eigenvalue weighted by atomic mass is 32.2. The maximum absolute atomic E-state index is 12.2. The van der Waals surface area contributed by atoms with E-state index in [1.54, 1.807) is 22.6 Å². The predicted molar refractivity (Wildman–Crippen MR) is 113 cm³/mol. The Morgan fingerprint density at radius 2 is 2.00 bits per heavy atom. The maximum atomic E-state index is 12.2. The van der Waals surface area contributed by atoms with Crippen molar-refractivity contribution < 1.29 is 4.79 Å². The lowest BCUT2D eigenvalue weighted by molar-refractivity contribution is 0.0953. The van der Waals surface area contributed by atoms with E-state index in [0.717, 1.165) is 28.5 Å². The lowest BCUT2D eigenvalue weighted by atomic mass is 10.1. The van der Waals surface area contributed by atoms with Gasteiger partial charge < -0.3 is 5.32 Å². The second kappa shape index (κ2) is 9.32. The minimum atomic E-state index is -0.117. The third-order valence-corrected chi connectivity index (χ3v) is 5.23. The van der Waals surface area contributed by atoms with E-state index in [1.165, 1.54) is 5.56 Å². The van der Waals surface area contributed by atoms with Gasteiger partial charge in [0.05, 0.1) is 17.5 Å². The molecule has 1 aromatic carbocycles. The normalized spacial score (nSPS) is 10.6. The average molecular weight is 394 g/mol. The van der Waals surface area contributed by atoms with Gasteiger partial charge in [0.25, 0.3) is 5.91 Å². The molecule has 0 fully saturated rings. The van der Waals surface area contributed by atoms with E-state index >= 15 is 0 Å². The maximum Gasteiger partial charge on any atom is 0.254 e. The second-order valence-corrected chi connectivity index (χ2v) is 7.27. The van der Waals surface area contributed by atoms with Gasteiger partial charge in [0, 0.05) is 12.3 Å². The van der Waals surface area contributed by atoms with E-state index in [1.807, 2.05) is 44.2 Å². The van der Waals surface area contributed by atoms with Crippen LogP contribution < -0.4 is 5.32 Å². The molecule has 0 aliphatic heterocycles. The molecule has 2 heterocycles. The van der Waals surface area contributed by atoms with E-state index in [-0.39, 0.29) is 5.91 Å². The summed E-state index contributed by atoms with van der Waals surface area (Å²) in [5.74, 6) is 1.29. The van der Waals surface area contributed by atoms with Crippen LogP contribution in [0.2, 0.25) is 0 Å². The fourth-order valence-corrected chi connectivity index (χ4v) is 3.38. The Balaban J connectivity index is 1.66. The first-order valence-corrected chi connectivity index (χ1v) is 10.1. The van der Waals surface area contributed by atoms with Crippen LogP contribution in [-0.2, 0) is 5.75 Å². The molecule has 0 aliphatic rings. The molecule has 1 N–H and O–H groups in total. The molecule has 2 aromatic heterocycles. The average Bonchev–Trinajstić information content (AvgIpc) is 3.12. The van der Waals surface area contributed by atoms with E-state index < -0.39 is 0 Å². The first kappa shape index (κ1) is 19.8. The molecular formula is C21H23N5OS. The van der Waals surface area contributed by atoms with Crippen molar-refractivity contribution in [2.45, 2.75) is 31.0 Å². The lowest BCUT2D eigenvalue weighted by Crippen LogP contribution is -2.24. The molecule has 0 saturated heterocycles. The standard InChI is InChI=1S/C21H23N5OS/c1-4-12-22-21(27)18-13-23-26(15(18)3)19-10-11-20(25-24-19)28-14-17-8-6-16(5-2)7-9-17/h5-11,13H,2,4,12,14H2,1,3H3,(H,22,27). The van der Waals surface area contributed by atoms with Gasteiger partial charge in [-0.15, -0.1) is 10.2 Å². The Morgan fingerprint density at radius 1 is 1.21 bits per heavy atom. The minimum Gasteiger partial charge on any atom is -0.352 e. The Bertz CT molecular complexity index is 948. The highest BCUT2D eigenvalue weighted by Crippen LogP contribution is 2.21. The molecule has 28 heavy (non-hydrogen) atoms. The molecular weight excluding hydrogens is 370 g/mol. The van der Waals surface area contributed by atoms with Crippen molar-refractivity contribution in [1.29, 1.82) is 0 Å². The number of carbonyl (C=O) groups excluding carboxylic acids is 1. The summed E-state index contributed by atoms with van der Waals surface area (Å²) in [7, 11) is 0. The number of benzene rings is 1. The summed E-state index contributed by atoms with van der Waals surface area (Å²) < 4.78 is 1.64. The Kier molecular flexibility index (Phi) is 6.60. The summed E-state index contributed by atoms with van der Waals surface area (Å²) in [6.07, 6.45) is 4.29.